The topological polar surface area (TPSA) is 134 Å². The summed E-state index contributed by atoms with van der Waals surface area (Å²) in [7, 11) is 0. The monoisotopic (exact) mass is 330 g/mol. The third-order valence-corrected chi connectivity index (χ3v) is 3.23. The van der Waals surface area contributed by atoms with Crippen LogP contribution in [0.2, 0.25) is 0 Å². The highest BCUT2D eigenvalue weighted by Crippen LogP contribution is 2.26. The first-order chi connectivity index (χ1) is 11.4. The zero-order valence-corrected chi connectivity index (χ0v) is 12.6. The molecule has 0 radical (unpaired) electrons. The maximum absolute atomic E-state index is 12.2. The minimum atomic E-state index is -1.30. The molecule has 124 valence electrons. The molecular formula is C15H14N4O5. The van der Waals surface area contributed by atoms with Gasteiger partial charge >= 0.3 is 6.09 Å². The summed E-state index contributed by atoms with van der Waals surface area (Å²) >= 11 is 0. The quantitative estimate of drug-likeness (QED) is 0.569. The number of nitro benzene ring substituents is 1. The SMILES string of the molecule is CC(NC(=O)O)c1ccc(C(=O)Nc2ccncc2)cc1[N+](=O)[O-]. The van der Waals surface area contributed by atoms with E-state index >= 15 is 0 Å². The standard InChI is InChI=1S/C15H14N4O5/c1-9(17-15(21)22)12-3-2-10(8-13(12)19(23)24)14(20)18-11-4-6-16-7-5-11/h2-9,17H,1H3,(H,21,22)(H,16,18,20). The predicted octanol–water partition coefficient (Wildman–Crippen LogP) is 2.57. The molecule has 2 aromatic rings. The fourth-order valence-electron chi connectivity index (χ4n) is 2.11. The molecule has 0 saturated heterocycles. The predicted molar refractivity (Wildman–Crippen MR) is 84.9 cm³/mol. The number of anilines is 1. The van der Waals surface area contributed by atoms with Crippen molar-refractivity contribution >= 4 is 23.4 Å². The van der Waals surface area contributed by atoms with Crippen molar-refractivity contribution in [3.8, 4) is 0 Å². The number of carboxylic acid groups (broad SMARTS) is 1. The average Bonchev–Trinajstić information content (AvgIpc) is 2.54. The summed E-state index contributed by atoms with van der Waals surface area (Å²) in [5, 5.41) is 24.7. The van der Waals surface area contributed by atoms with E-state index < -0.39 is 23.0 Å². The Morgan fingerprint density at radius 2 is 1.92 bits per heavy atom. The largest absolute Gasteiger partial charge is 0.465 e. The van der Waals surface area contributed by atoms with Gasteiger partial charge < -0.3 is 15.7 Å². The lowest BCUT2D eigenvalue weighted by molar-refractivity contribution is -0.385. The van der Waals surface area contributed by atoms with Gasteiger partial charge in [0, 0.05) is 29.7 Å². The first-order valence-corrected chi connectivity index (χ1v) is 6.87. The van der Waals surface area contributed by atoms with Gasteiger partial charge in [-0.1, -0.05) is 0 Å². The van der Waals surface area contributed by atoms with Gasteiger partial charge in [-0.2, -0.15) is 0 Å². The number of pyridine rings is 1. The maximum atomic E-state index is 12.2. The van der Waals surface area contributed by atoms with E-state index in [0.29, 0.717) is 5.69 Å². The van der Waals surface area contributed by atoms with E-state index in [0.717, 1.165) is 6.07 Å². The van der Waals surface area contributed by atoms with E-state index in [2.05, 4.69) is 15.6 Å². The maximum Gasteiger partial charge on any atom is 0.405 e. The van der Waals surface area contributed by atoms with Crippen molar-refractivity contribution < 1.29 is 19.6 Å². The van der Waals surface area contributed by atoms with Crippen molar-refractivity contribution in [2.45, 2.75) is 13.0 Å². The molecule has 1 unspecified atom stereocenters. The van der Waals surface area contributed by atoms with Crippen LogP contribution in [0, 0.1) is 10.1 Å². The summed E-state index contributed by atoms with van der Waals surface area (Å²) in [5.74, 6) is -0.519. The molecule has 0 spiro atoms. The van der Waals surface area contributed by atoms with Crippen molar-refractivity contribution in [3.63, 3.8) is 0 Å². The van der Waals surface area contributed by atoms with Crippen LogP contribution in [0.3, 0.4) is 0 Å². The molecule has 0 aliphatic rings. The second-order valence-electron chi connectivity index (χ2n) is 4.89. The minimum absolute atomic E-state index is 0.0878. The molecule has 1 aromatic carbocycles. The number of hydrogen-bond acceptors (Lipinski definition) is 5. The Kier molecular flexibility index (Phi) is 5.05. The van der Waals surface area contributed by atoms with Crippen LogP contribution in [0.4, 0.5) is 16.2 Å². The Hall–Kier alpha value is -3.49. The van der Waals surface area contributed by atoms with Crippen molar-refractivity contribution in [2.24, 2.45) is 0 Å². The fourth-order valence-corrected chi connectivity index (χ4v) is 2.11. The van der Waals surface area contributed by atoms with Gasteiger partial charge in [-0.3, -0.25) is 19.9 Å². The van der Waals surface area contributed by atoms with Crippen molar-refractivity contribution in [1.29, 1.82) is 0 Å². The van der Waals surface area contributed by atoms with Crippen molar-refractivity contribution in [1.82, 2.24) is 10.3 Å². The normalized spacial score (nSPS) is 11.4. The summed E-state index contributed by atoms with van der Waals surface area (Å²) in [6.45, 7) is 1.48. The first-order valence-electron chi connectivity index (χ1n) is 6.87. The number of hydrogen-bond donors (Lipinski definition) is 3. The molecule has 3 N–H and O–H groups in total. The number of aromatic nitrogens is 1. The Balaban J connectivity index is 2.29. The van der Waals surface area contributed by atoms with Gasteiger partial charge in [-0.05, 0) is 31.2 Å². The van der Waals surface area contributed by atoms with Crippen LogP contribution in [0.15, 0.2) is 42.7 Å². The van der Waals surface area contributed by atoms with Gasteiger partial charge in [0.25, 0.3) is 11.6 Å². The molecule has 1 aromatic heterocycles. The summed E-state index contributed by atoms with van der Waals surface area (Å²) in [6.07, 6.45) is 1.71. The number of benzene rings is 1. The molecule has 0 aliphatic carbocycles. The minimum Gasteiger partial charge on any atom is -0.465 e. The van der Waals surface area contributed by atoms with Crippen molar-refractivity contribution in [2.75, 3.05) is 5.32 Å². The number of amides is 2. The molecule has 1 atom stereocenters. The lowest BCUT2D eigenvalue weighted by Crippen LogP contribution is -2.25. The van der Waals surface area contributed by atoms with Crippen LogP contribution in [0.25, 0.3) is 0 Å². The molecule has 0 fully saturated rings. The molecule has 0 bridgehead atoms. The zero-order chi connectivity index (χ0) is 17.7. The Labute approximate surface area is 136 Å². The summed E-state index contributed by atoms with van der Waals surface area (Å²) < 4.78 is 0. The molecule has 0 aliphatic heterocycles. The molecule has 1 heterocycles. The van der Waals surface area contributed by atoms with Crippen LogP contribution in [0.5, 0.6) is 0 Å². The van der Waals surface area contributed by atoms with Gasteiger partial charge in [-0.15, -0.1) is 0 Å². The molecule has 2 rings (SSSR count). The lowest BCUT2D eigenvalue weighted by Gasteiger charge is -2.13. The van der Waals surface area contributed by atoms with Crippen LogP contribution in [-0.2, 0) is 0 Å². The van der Waals surface area contributed by atoms with E-state index in [-0.39, 0.29) is 16.8 Å². The first kappa shape index (κ1) is 16.9. The lowest BCUT2D eigenvalue weighted by atomic mass is 10.0. The number of nitro groups is 1. The molecular weight excluding hydrogens is 316 g/mol. The van der Waals surface area contributed by atoms with Gasteiger partial charge in [0.1, 0.15) is 0 Å². The van der Waals surface area contributed by atoms with E-state index in [1.165, 1.54) is 31.5 Å². The molecule has 9 heteroatoms. The van der Waals surface area contributed by atoms with Gasteiger partial charge in [-0.25, -0.2) is 4.79 Å². The summed E-state index contributed by atoms with van der Waals surface area (Å²) in [4.78, 5) is 37.3. The number of nitrogens with one attached hydrogen (secondary N) is 2. The van der Waals surface area contributed by atoms with Crippen LogP contribution in [0.1, 0.15) is 28.9 Å². The van der Waals surface area contributed by atoms with Crippen molar-refractivity contribution in [3.05, 3.63) is 64.0 Å². The summed E-state index contributed by atoms with van der Waals surface area (Å²) in [5.41, 5.74) is 0.425. The number of carbonyl (C=O) groups excluding carboxylic acids is 1. The highest BCUT2D eigenvalue weighted by atomic mass is 16.6. The summed E-state index contributed by atoms with van der Waals surface area (Å²) in [6, 6.07) is 6.25. The highest BCUT2D eigenvalue weighted by Gasteiger charge is 2.22. The fraction of sp³-hybridized carbons (Fsp3) is 0.133. The second-order valence-corrected chi connectivity index (χ2v) is 4.89. The van der Waals surface area contributed by atoms with E-state index in [9.17, 15) is 19.7 Å². The molecule has 9 nitrogen and oxygen atoms in total. The number of carbonyl (C=O) groups is 2. The smallest absolute Gasteiger partial charge is 0.405 e. The molecule has 0 saturated carbocycles. The van der Waals surface area contributed by atoms with Gasteiger partial charge in [0.15, 0.2) is 0 Å². The highest BCUT2D eigenvalue weighted by molar-refractivity contribution is 6.04. The zero-order valence-electron chi connectivity index (χ0n) is 12.6. The Morgan fingerprint density at radius 1 is 1.25 bits per heavy atom. The second kappa shape index (κ2) is 7.18. The van der Waals surface area contributed by atoms with Crippen LogP contribution in [-0.4, -0.2) is 27.0 Å². The molecule has 24 heavy (non-hydrogen) atoms. The molecule has 2 amide bonds. The van der Waals surface area contributed by atoms with Crippen LogP contribution >= 0.6 is 0 Å². The van der Waals surface area contributed by atoms with Gasteiger partial charge in [0.05, 0.1) is 16.5 Å². The Morgan fingerprint density at radius 3 is 2.50 bits per heavy atom. The van der Waals surface area contributed by atoms with E-state index in [1.54, 1.807) is 12.1 Å². The third kappa shape index (κ3) is 4.03. The van der Waals surface area contributed by atoms with E-state index in [1.807, 2.05) is 0 Å². The van der Waals surface area contributed by atoms with Gasteiger partial charge in [0.2, 0.25) is 0 Å². The van der Waals surface area contributed by atoms with E-state index in [4.69, 9.17) is 5.11 Å². The third-order valence-electron chi connectivity index (χ3n) is 3.23. The Bertz CT molecular complexity index is 779. The average molecular weight is 330 g/mol. The number of rotatable bonds is 5. The van der Waals surface area contributed by atoms with Crippen LogP contribution < -0.4 is 10.6 Å². The number of nitrogens with zero attached hydrogens (tertiary/aromatic N) is 2.